The first-order valence-electron chi connectivity index (χ1n) is 5.38. The van der Waals surface area contributed by atoms with Gasteiger partial charge < -0.3 is 5.32 Å². The molecule has 2 aromatic rings. The fourth-order valence-corrected chi connectivity index (χ4v) is 1.52. The maximum atomic E-state index is 11.6. The Morgan fingerprint density at radius 2 is 2.06 bits per heavy atom. The first kappa shape index (κ1) is 12.4. The normalized spacial score (nSPS) is 10.8. The molecular weight excluding hydrogens is 250 g/mol. The van der Waals surface area contributed by atoms with E-state index in [-0.39, 0.29) is 5.91 Å². The van der Waals surface area contributed by atoms with Crippen molar-refractivity contribution in [2.75, 3.05) is 5.32 Å². The molecular formula is C13H12ClN3O. The van der Waals surface area contributed by atoms with Crippen molar-refractivity contribution in [1.29, 1.82) is 0 Å². The van der Waals surface area contributed by atoms with Crippen LogP contribution in [0.25, 0.3) is 6.08 Å². The van der Waals surface area contributed by atoms with Crippen LogP contribution in [-0.2, 0) is 11.8 Å². The third-order valence-electron chi connectivity index (χ3n) is 2.26. The maximum Gasteiger partial charge on any atom is 0.249 e. The van der Waals surface area contributed by atoms with Crippen LogP contribution in [0.1, 0.15) is 5.56 Å². The first-order chi connectivity index (χ1) is 8.63. The molecule has 2 rings (SSSR count). The Bertz CT molecular complexity index is 572. The highest BCUT2D eigenvalue weighted by Crippen LogP contribution is 2.10. The van der Waals surface area contributed by atoms with Gasteiger partial charge >= 0.3 is 0 Å². The average Bonchev–Trinajstić information content (AvgIpc) is 2.74. The molecule has 0 unspecified atom stereocenters. The van der Waals surface area contributed by atoms with Crippen LogP contribution in [0.4, 0.5) is 5.82 Å². The Hall–Kier alpha value is -2.07. The zero-order chi connectivity index (χ0) is 13.0. The van der Waals surface area contributed by atoms with E-state index in [0.29, 0.717) is 10.8 Å². The summed E-state index contributed by atoms with van der Waals surface area (Å²) in [5.74, 6) is 0.312. The van der Waals surface area contributed by atoms with Gasteiger partial charge in [-0.25, -0.2) is 0 Å². The van der Waals surface area contributed by atoms with E-state index >= 15 is 0 Å². The van der Waals surface area contributed by atoms with Gasteiger partial charge in [-0.2, -0.15) is 5.10 Å². The Labute approximate surface area is 110 Å². The van der Waals surface area contributed by atoms with Crippen molar-refractivity contribution in [3.8, 4) is 0 Å². The number of amides is 1. The molecule has 0 aliphatic heterocycles. The molecule has 1 amide bonds. The van der Waals surface area contributed by atoms with Gasteiger partial charge in [-0.05, 0) is 23.8 Å². The van der Waals surface area contributed by atoms with Gasteiger partial charge in [-0.15, -0.1) is 0 Å². The molecule has 0 bridgehead atoms. The number of anilines is 1. The van der Waals surface area contributed by atoms with Crippen LogP contribution in [0.2, 0.25) is 5.02 Å². The van der Waals surface area contributed by atoms with Gasteiger partial charge in [0.25, 0.3) is 0 Å². The summed E-state index contributed by atoms with van der Waals surface area (Å²) in [6.45, 7) is 0. The fourth-order valence-electron chi connectivity index (χ4n) is 1.40. The van der Waals surface area contributed by atoms with Crippen LogP contribution in [0.3, 0.4) is 0 Å². The van der Waals surface area contributed by atoms with Crippen LogP contribution in [0, 0.1) is 0 Å². The van der Waals surface area contributed by atoms with Gasteiger partial charge in [0.05, 0.1) is 0 Å². The molecule has 0 saturated carbocycles. The number of carbonyl (C=O) groups is 1. The zero-order valence-corrected chi connectivity index (χ0v) is 10.6. The predicted octanol–water partition coefficient (Wildman–Crippen LogP) is 2.73. The van der Waals surface area contributed by atoms with E-state index in [2.05, 4.69) is 10.4 Å². The third kappa shape index (κ3) is 3.46. The van der Waals surface area contributed by atoms with Gasteiger partial charge in [0.1, 0.15) is 0 Å². The lowest BCUT2D eigenvalue weighted by atomic mass is 10.2. The van der Waals surface area contributed by atoms with E-state index in [0.717, 1.165) is 5.56 Å². The number of carbonyl (C=O) groups excluding carboxylic acids is 1. The van der Waals surface area contributed by atoms with Gasteiger partial charge in [-0.1, -0.05) is 23.7 Å². The topological polar surface area (TPSA) is 46.9 Å². The fraction of sp³-hybridized carbons (Fsp3) is 0.0769. The molecule has 1 aromatic carbocycles. The smallest absolute Gasteiger partial charge is 0.249 e. The molecule has 0 saturated heterocycles. The van der Waals surface area contributed by atoms with Gasteiger partial charge in [-0.3, -0.25) is 9.48 Å². The summed E-state index contributed by atoms with van der Waals surface area (Å²) in [6.07, 6.45) is 4.94. The number of rotatable bonds is 3. The summed E-state index contributed by atoms with van der Waals surface area (Å²) in [6, 6.07) is 8.96. The molecule has 0 radical (unpaired) electrons. The molecule has 4 nitrogen and oxygen atoms in total. The molecule has 0 atom stereocenters. The minimum atomic E-state index is -0.219. The number of halogens is 1. The molecule has 1 heterocycles. The standard InChI is InChI=1S/C13H12ClN3O/c1-17-9-8-12(16-17)15-13(18)7-4-10-2-5-11(14)6-3-10/h2-9H,1H3,(H,15,16,18)/b7-4+. The Morgan fingerprint density at radius 1 is 1.33 bits per heavy atom. The van der Waals surface area contributed by atoms with E-state index in [1.165, 1.54) is 6.08 Å². The Morgan fingerprint density at radius 3 is 2.67 bits per heavy atom. The van der Waals surface area contributed by atoms with Crippen molar-refractivity contribution < 1.29 is 4.79 Å². The summed E-state index contributed by atoms with van der Waals surface area (Å²) >= 11 is 5.77. The number of hydrogen-bond donors (Lipinski definition) is 1. The Balaban J connectivity index is 1.96. The van der Waals surface area contributed by atoms with Crippen molar-refractivity contribution in [3.63, 3.8) is 0 Å². The first-order valence-corrected chi connectivity index (χ1v) is 5.75. The zero-order valence-electron chi connectivity index (χ0n) is 9.80. The highest BCUT2D eigenvalue weighted by atomic mass is 35.5. The van der Waals surface area contributed by atoms with E-state index in [9.17, 15) is 4.79 Å². The maximum absolute atomic E-state index is 11.6. The molecule has 92 valence electrons. The van der Waals surface area contributed by atoms with Crippen molar-refractivity contribution in [3.05, 3.63) is 53.2 Å². The highest BCUT2D eigenvalue weighted by Gasteiger charge is 1.99. The molecule has 1 aromatic heterocycles. The summed E-state index contributed by atoms with van der Waals surface area (Å²) in [7, 11) is 1.79. The lowest BCUT2D eigenvalue weighted by molar-refractivity contribution is -0.111. The van der Waals surface area contributed by atoms with Crippen LogP contribution in [0.15, 0.2) is 42.6 Å². The van der Waals surface area contributed by atoms with E-state index in [1.807, 2.05) is 12.1 Å². The van der Waals surface area contributed by atoms with Crippen molar-refractivity contribution in [2.24, 2.45) is 7.05 Å². The van der Waals surface area contributed by atoms with Crippen molar-refractivity contribution in [1.82, 2.24) is 9.78 Å². The molecule has 18 heavy (non-hydrogen) atoms. The Kier molecular flexibility index (Phi) is 3.79. The lowest BCUT2D eigenvalue weighted by Gasteiger charge is -1.96. The van der Waals surface area contributed by atoms with Crippen LogP contribution in [0.5, 0.6) is 0 Å². The van der Waals surface area contributed by atoms with Crippen LogP contribution >= 0.6 is 11.6 Å². The molecule has 0 fully saturated rings. The lowest BCUT2D eigenvalue weighted by Crippen LogP contribution is -2.08. The van der Waals surface area contributed by atoms with E-state index < -0.39 is 0 Å². The van der Waals surface area contributed by atoms with E-state index in [4.69, 9.17) is 11.6 Å². The quantitative estimate of drug-likeness (QED) is 0.864. The molecule has 1 N–H and O–H groups in total. The van der Waals surface area contributed by atoms with Gasteiger partial charge in [0, 0.05) is 30.4 Å². The monoisotopic (exact) mass is 261 g/mol. The average molecular weight is 262 g/mol. The SMILES string of the molecule is Cn1ccc(NC(=O)/C=C/c2ccc(Cl)cc2)n1. The van der Waals surface area contributed by atoms with Gasteiger partial charge in [0.15, 0.2) is 5.82 Å². The predicted molar refractivity (Wildman–Crippen MR) is 72.3 cm³/mol. The highest BCUT2D eigenvalue weighted by molar-refractivity contribution is 6.30. The van der Waals surface area contributed by atoms with Crippen molar-refractivity contribution >= 4 is 29.4 Å². The minimum absolute atomic E-state index is 0.219. The number of hydrogen-bond acceptors (Lipinski definition) is 2. The number of aryl methyl sites for hydroxylation is 1. The largest absolute Gasteiger partial charge is 0.306 e. The molecule has 5 heteroatoms. The summed E-state index contributed by atoms with van der Waals surface area (Å²) in [5, 5.41) is 7.38. The molecule has 0 spiro atoms. The number of nitrogens with one attached hydrogen (secondary N) is 1. The second-order valence-corrected chi connectivity index (χ2v) is 4.19. The molecule has 0 aliphatic rings. The van der Waals surface area contributed by atoms with Crippen molar-refractivity contribution in [2.45, 2.75) is 0 Å². The second kappa shape index (κ2) is 5.51. The minimum Gasteiger partial charge on any atom is -0.306 e. The number of nitrogens with zero attached hydrogens (tertiary/aromatic N) is 2. The van der Waals surface area contributed by atoms with Gasteiger partial charge in [0.2, 0.25) is 5.91 Å². The summed E-state index contributed by atoms with van der Waals surface area (Å²) in [5.41, 5.74) is 0.913. The second-order valence-electron chi connectivity index (χ2n) is 3.75. The molecule has 0 aliphatic carbocycles. The summed E-state index contributed by atoms with van der Waals surface area (Å²) in [4.78, 5) is 11.6. The van der Waals surface area contributed by atoms with E-state index in [1.54, 1.807) is 42.2 Å². The van der Waals surface area contributed by atoms with Crippen LogP contribution < -0.4 is 5.32 Å². The number of aromatic nitrogens is 2. The summed E-state index contributed by atoms with van der Waals surface area (Å²) < 4.78 is 1.62. The van der Waals surface area contributed by atoms with Crippen LogP contribution in [-0.4, -0.2) is 15.7 Å². The third-order valence-corrected chi connectivity index (χ3v) is 2.51. The number of benzene rings is 1.